The monoisotopic (exact) mass is 242 g/mol. The molecule has 0 atom stereocenters. The zero-order valence-electron chi connectivity index (χ0n) is 10.6. The van der Waals surface area contributed by atoms with Crippen LogP contribution in [0.5, 0.6) is 0 Å². The van der Waals surface area contributed by atoms with Gasteiger partial charge in [-0.3, -0.25) is 4.79 Å². The van der Waals surface area contributed by atoms with Crippen molar-refractivity contribution in [1.82, 2.24) is 5.32 Å². The van der Waals surface area contributed by atoms with E-state index in [1.807, 2.05) is 31.2 Å². The van der Waals surface area contributed by atoms with Gasteiger partial charge in [-0.25, -0.2) is 0 Å². The van der Waals surface area contributed by atoms with Crippen LogP contribution in [0.4, 0.5) is 0 Å². The number of benzene rings is 1. The Morgan fingerprint density at radius 1 is 1.33 bits per heavy atom. The fraction of sp³-hybridized carbons (Fsp3) is 0.467. The number of rotatable bonds is 2. The van der Waals surface area contributed by atoms with E-state index in [9.17, 15) is 4.79 Å². The molecule has 1 N–H and O–H groups in total. The van der Waals surface area contributed by atoms with Crippen molar-refractivity contribution in [2.24, 2.45) is 5.92 Å². The van der Waals surface area contributed by atoms with Crippen molar-refractivity contribution in [3.8, 4) is 6.07 Å². The van der Waals surface area contributed by atoms with Crippen molar-refractivity contribution in [3.63, 3.8) is 0 Å². The van der Waals surface area contributed by atoms with Crippen molar-refractivity contribution < 1.29 is 4.79 Å². The Labute approximate surface area is 108 Å². The molecule has 0 aliphatic heterocycles. The van der Waals surface area contributed by atoms with Crippen molar-refractivity contribution in [2.45, 2.75) is 38.6 Å². The van der Waals surface area contributed by atoms with E-state index in [-0.39, 0.29) is 17.9 Å². The molecule has 1 aliphatic rings. The SMILES string of the molecule is Cc1cccc(C(=O)NC2CCC(C#N)CC2)c1. The maximum atomic E-state index is 12.0. The maximum Gasteiger partial charge on any atom is 0.251 e. The molecule has 18 heavy (non-hydrogen) atoms. The van der Waals surface area contributed by atoms with E-state index in [4.69, 9.17) is 5.26 Å². The molecule has 1 saturated carbocycles. The molecule has 0 heterocycles. The number of nitrogens with zero attached hydrogens (tertiary/aromatic N) is 1. The normalized spacial score (nSPS) is 23.1. The summed E-state index contributed by atoms with van der Waals surface area (Å²) in [6.45, 7) is 1.98. The minimum Gasteiger partial charge on any atom is -0.349 e. The first-order chi connectivity index (χ1) is 8.69. The number of carbonyl (C=O) groups is 1. The number of nitrogens with one attached hydrogen (secondary N) is 1. The Balaban J connectivity index is 1.91. The number of hydrogen-bond donors (Lipinski definition) is 1. The standard InChI is InChI=1S/C15H18N2O/c1-11-3-2-4-13(9-11)15(18)17-14-7-5-12(10-16)6-8-14/h2-4,9,12,14H,5-8H2,1H3,(H,17,18). The van der Waals surface area contributed by atoms with Crippen LogP contribution in [0.1, 0.15) is 41.6 Å². The summed E-state index contributed by atoms with van der Waals surface area (Å²) in [7, 11) is 0. The van der Waals surface area contributed by atoms with Gasteiger partial charge in [-0.1, -0.05) is 17.7 Å². The third-order valence-corrected chi connectivity index (χ3v) is 3.53. The van der Waals surface area contributed by atoms with E-state index in [1.54, 1.807) is 0 Å². The van der Waals surface area contributed by atoms with Gasteiger partial charge in [0.25, 0.3) is 5.91 Å². The largest absolute Gasteiger partial charge is 0.349 e. The van der Waals surface area contributed by atoms with Crippen molar-refractivity contribution in [2.75, 3.05) is 0 Å². The minimum atomic E-state index is -0.000826. The van der Waals surface area contributed by atoms with Crippen LogP contribution in [-0.2, 0) is 0 Å². The summed E-state index contributed by atoms with van der Waals surface area (Å²) in [5, 5.41) is 11.9. The number of carbonyl (C=O) groups excluding carboxylic acids is 1. The Morgan fingerprint density at radius 2 is 2.06 bits per heavy atom. The van der Waals surface area contributed by atoms with Crippen LogP contribution < -0.4 is 5.32 Å². The highest BCUT2D eigenvalue weighted by Crippen LogP contribution is 2.23. The van der Waals surface area contributed by atoms with Gasteiger partial charge in [0.1, 0.15) is 0 Å². The third kappa shape index (κ3) is 3.10. The van der Waals surface area contributed by atoms with Crippen LogP contribution >= 0.6 is 0 Å². The Kier molecular flexibility index (Phi) is 3.99. The molecule has 0 saturated heterocycles. The van der Waals surface area contributed by atoms with Crippen LogP contribution in [0.3, 0.4) is 0 Å². The van der Waals surface area contributed by atoms with E-state index in [1.165, 1.54) is 0 Å². The summed E-state index contributed by atoms with van der Waals surface area (Å²) in [4.78, 5) is 12.0. The predicted molar refractivity (Wildman–Crippen MR) is 70.0 cm³/mol. The second-order valence-electron chi connectivity index (χ2n) is 5.02. The molecule has 1 aromatic carbocycles. The molecule has 1 aliphatic carbocycles. The van der Waals surface area contributed by atoms with Gasteiger partial charge in [0.05, 0.1) is 6.07 Å². The van der Waals surface area contributed by atoms with E-state index >= 15 is 0 Å². The van der Waals surface area contributed by atoms with E-state index in [0.29, 0.717) is 0 Å². The molecule has 1 fully saturated rings. The van der Waals surface area contributed by atoms with Gasteiger partial charge >= 0.3 is 0 Å². The number of hydrogen-bond acceptors (Lipinski definition) is 2. The smallest absolute Gasteiger partial charge is 0.251 e. The summed E-state index contributed by atoms with van der Waals surface area (Å²) in [6, 6.07) is 10.1. The lowest BCUT2D eigenvalue weighted by Crippen LogP contribution is -2.37. The van der Waals surface area contributed by atoms with Crippen LogP contribution in [0, 0.1) is 24.2 Å². The molecule has 94 valence electrons. The van der Waals surface area contributed by atoms with Crippen LogP contribution in [0.2, 0.25) is 0 Å². The average Bonchev–Trinajstić information content (AvgIpc) is 2.39. The highest BCUT2D eigenvalue weighted by Gasteiger charge is 2.22. The number of nitriles is 1. The summed E-state index contributed by atoms with van der Waals surface area (Å²) in [6.07, 6.45) is 3.62. The minimum absolute atomic E-state index is 0.000826. The first-order valence-corrected chi connectivity index (χ1v) is 6.46. The molecule has 2 rings (SSSR count). The lowest BCUT2D eigenvalue weighted by molar-refractivity contribution is 0.0925. The number of amides is 1. The van der Waals surface area contributed by atoms with Crippen LogP contribution in [0.15, 0.2) is 24.3 Å². The van der Waals surface area contributed by atoms with Gasteiger partial charge in [-0.2, -0.15) is 5.26 Å². The highest BCUT2D eigenvalue weighted by molar-refractivity contribution is 5.94. The molecule has 0 radical (unpaired) electrons. The molecule has 3 heteroatoms. The van der Waals surface area contributed by atoms with Gasteiger partial charge in [0, 0.05) is 17.5 Å². The number of aryl methyl sites for hydroxylation is 1. The third-order valence-electron chi connectivity index (χ3n) is 3.53. The van der Waals surface area contributed by atoms with Crippen molar-refractivity contribution >= 4 is 5.91 Å². The van der Waals surface area contributed by atoms with E-state index in [0.717, 1.165) is 36.8 Å². The van der Waals surface area contributed by atoms with Crippen LogP contribution in [0.25, 0.3) is 0 Å². The molecule has 1 amide bonds. The van der Waals surface area contributed by atoms with Gasteiger partial charge in [-0.05, 0) is 44.7 Å². The average molecular weight is 242 g/mol. The van der Waals surface area contributed by atoms with E-state index in [2.05, 4.69) is 11.4 Å². The van der Waals surface area contributed by atoms with Gasteiger partial charge in [0.2, 0.25) is 0 Å². The fourth-order valence-corrected chi connectivity index (χ4v) is 2.42. The molecule has 1 aromatic rings. The van der Waals surface area contributed by atoms with E-state index < -0.39 is 0 Å². The zero-order valence-corrected chi connectivity index (χ0v) is 10.6. The zero-order chi connectivity index (χ0) is 13.0. The summed E-state index contributed by atoms with van der Waals surface area (Å²) < 4.78 is 0. The molecule has 3 nitrogen and oxygen atoms in total. The predicted octanol–water partition coefficient (Wildman–Crippen LogP) is 2.81. The Bertz CT molecular complexity index is 468. The quantitative estimate of drug-likeness (QED) is 0.867. The molecular formula is C15H18N2O. The molecule has 0 aromatic heterocycles. The molecule has 0 spiro atoms. The van der Waals surface area contributed by atoms with Crippen LogP contribution in [-0.4, -0.2) is 11.9 Å². The maximum absolute atomic E-state index is 12.0. The second kappa shape index (κ2) is 5.68. The Hall–Kier alpha value is -1.82. The fourth-order valence-electron chi connectivity index (χ4n) is 2.42. The Morgan fingerprint density at radius 3 is 2.67 bits per heavy atom. The lowest BCUT2D eigenvalue weighted by Gasteiger charge is -2.25. The first-order valence-electron chi connectivity index (χ1n) is 6.46. The first kappa shape index (κ1) is 12.6. The topological polar surface area (TPSA) is 52.9 Å². The van der Waals surface area contributed by atoms with Gasteiger partial charge in [-0.15, -0.1) is 0 Å². The van der Waals surface area contributed by atoms with Gasteiger partial charge < -0.3 is 5.32 Å². The molecule has 0 bridgehead atoms. The summed E-state index contributed by atoms with van der Waals surface area (Å²) in [5.74, 6) is 0.177. The molecule has 0 unspecified atom stereocenters. The summed E-state index contributed by atoms with van der Waals surface area (Å²) in [5.41, 5.74) is 1.81. The van der Waals surface area contributed by atoms with Crippen molar-refractivity contribution in [1.29, 1.82) is 5.26 Å². The highest BCUT2D eigenvalue weighted by atomic mass is 16.1. The second-order valence-corrected chi connectivity index (χ2v) is 5.02. The lowest BCUT2D eigenvalue weighted by atomic mass is 9.87. The summed E-state index contributed by atoms with van der Waals surface area (Å²) >= 11 is 0. The van der Waals surface area contributed by atoms with Gasteiger partial charge in [0.15, 0.2) is 0 Å². The molecular weight excluding hydrogens is 224 g/mol. The van der Waals surface area contributed by atoms with Crippen molar-refractivity contribution in [3.05, 3.63) is 35.4 Å².